The van der Waals surface area contributed by atoms with Gasteiger partial charge in [-0.15, -0.1) is 0 Å². The van der Waals surface area contributed by atoms with E-state index in [4.69, 9.17) is 9.47 Å². The quantitative estimate of drug-likeness (QED) is 0.717. The molecule has 0 fully saturated rings. The van der Waals surface area contributed by atoms with Crippen molar-refractivity contribution in [1.29, 1.82) is 0 Å². The molecule has 3 aromatic rings. The fourth-order valence-electron chi connectivity index (χ4n) is 2.88. The van der Waals surface area contributed by atoms with Gasteiger partial charge >= 0.3 is 0 Å². The van der Waals surface area contributed by atoms with Crippen molar-refractivity contribution in [2.45, 2.75) is 19.9 Å². The largest absolute Gasteiger partial charge is 0.493 e. The Morgan fingerprint density at radius 2 is 1.77 bits per heavy atom. The topological polar surface area (TPSA) is 47.6 Å². The molecule has 1 amide bonds. The Balaban J connectivity index is 1.62. The predicted molar refractivity (Wildman–Crippen MR) is 104 cm³/mol. The number of aryl methyl sites for hydroxylation is 1. The van der Waals surface area contributed by atoms with Crippen LogP contribution in [0.1, 0.15) is 24.1 Å². The third-order valence-corrected chi connectivity index (χ3v) is 4.33. The zero-order chi connectivity index (χ0) is 18.5. The van der Waals surface area contributed by atoms with E-state index in [1.165, 1.54) is 5.39 Å². The van der Waals surface area contributed by atoms with Crippen LogP contribution in [0.3, 0.4) is 0 Å². The first kappa shape index (κ1) is 17.8. The van der Waals surface area contributed by atoms with E-state index in [0.29, 0.717) is 11.5 Å². The maximum absolute atomic E-state index is 12.3. The van der Waals surface area contributed by atoms with Crippen LogP contribution in [-0.2, 0) is 4.79 Å². The number of benzene rings is 3. The number of rotatable bonds is 6. The van der Waals surface area contributed by atoms with Crippen molar-refractivity contribution >= 4 is 16.7 Å². The molecule has 0 radical (unpaired) electrons. The Hall–Kier alpha value is -3.01. The van der Waals surface area contributed by atoms with Crippen molar-refractivity contribution in [1.82, 2.24) is 5.32 Å². The minimum atomic E-state index is -0.173. The van der Waals surface area contributed by atoms with Gasteiger partial charge in [0.2, 0.25) is 0 Å². The number of hydrogen-bond donors (Lipinski definition) is 1. The average Bonchev–Trinajstić information content (AvgIpc) is 2.66. The van der Waals surface area contributed by atoms with Crippen LogP contribution in [0.15, 0.2) is 60.7 Å². The number of nitrogens with one attached hydrogen (secondary N) is 1. The number of hydrogen-bond acceptors (Lipinski definition) is 3. The standard InChI is InChI=1S/C22H23NO3/c1-15-8-11-20(21(12-15)25-3)26-14-22(24)23-16(2)18-10-9-17-6-4-5-7-19(17)13-18/h4-13,16H,14H2,1-3H3,(H,23,24)/t16-/m1/s1. The van der Waals surface area contributed by atoms with E-state index in [9.17, 15) is 4.79 Å². The van der Waals surface area contributed by atoms with Gasteiger partial charge in [-0.3, -0.25) is 4.79 Å². The normalized spacial score (nSPS) is 11.8. The Bertz CT molecular complexity index is 920. The van der Waals surface area contributed by atoms with Gasteiger partial charge in [0.15, 0.2) is 18.1 Å². The summed E-state index contributed by atoms with van der Waals surface area (Å²) in [5.41, 5.74) is 2.13. The monoisotopic (exact) mass is 349 g/mol. The van der Waals surface area contributed by atoms with Crippen molar-refractivity contribution in [2.24, 2.45) is 0 Å². The van der Waals surface area contributed by atoms with Crippen molar-refractivity contribution in [2.75, 3.05) is 13.7 Å². The zero-order valence-electron chi connectivity index (χ0n) is 15.3. The van der Waals surface area contributed by atoms with Gasteiger partial charge in [-0.25, -0.2) is 0 Å². The highest BCUT2D eigenvalue weighted by Crippen LogP contribution is 2.27. The summed E-state index contributed by atoms with van der Waals surface area (Å²) in [5, 5.41) is 5.32. The van der Waals surface area contributed by atoms with E-state index < -0.39 is 0 Å². The van der Waals surface area contributed by atoms with E-state index in [-0.39, 0.29) is 18.6 Å². The molecule has 0 saturated heterocycles. The summed E-state index contributed by atoms with van der Waals surface area (Å²) in [4.78, 5) is 12.3. The molecule has 0 aromatic heterocycles. The van der Waals surface area contributed by atoms with Gasteiger partial charge in [-0.2, -0.15) is 0 Å². The number of methoxy groups -OCH3 is 1. The lowest BCUT2D eigenvalue weighted by Gasteiger charge is -2.16. The van der Waals surface area contributed by atoms with Crippen LogP contribution in [-0.4, -0.2) is 19.6 Å². The Labute approximate surface area is 153 Å². The highest BCUT2D eigenvalue weighted by Gasteiger charge is 2.12. The fourth-order valence-corrected chi connectivity index (χ4v) is 2.88. The summed E-state index contributed by atoms with van der Waals surface area (Å²) in [6.07, 6.45) is 0. The molecule has 3 aromatic carbocycles. The molecule has 0 spiro atoms. The first-order valence-electron chi connectivity index (χ1n) is 8.62. The third kappa shape index (κ3) is 4.14. The molecule has 0 unspecified atom stereocenters. The van der Waals surface area contributed by atoms with Crippen molar-refractivity contribution in [3.8, 4) is 11.5 Å². The van der Waals surface area contributed by atoms with Gasteiger partial charge in [0, 0.05) is 0 Å². The summed E-state index contributed by atoms with van der Waals surface area (Å²) in [7, 11) is 1.59. The van der Waals surface area contributed by atoms with Crippen LogP contribution in [0.2, 0.25) is 0 Å². The molecule has 4 nitrogen and oxygen atoms in total. The molecule has 4 heteroatoms. The van der Waals surface area contributed by atoms with Gasteiger partial charge in [0.25, 0.3) is 5.91 Å². The fraction of sp³-hybridized carbons (Fsp3) is 0.227. The van der Waals surface area contributed by atoms with Crippen LogP contribution < -0.4 is 14.8 Å². The lowest BCUT2D eigenvalue weighted by Crippen LogP contribution is -2.31. The number of carbonyl (C=O) groups is 1. The van der Waals surface area contributed by atoms with Crippen LogP contribution in [0, 0.1) is 6.92 Å². The Morgan fingerprint density at radius 1 is 1.00 bits per heavy atom. The van der Waals surface area contributed by atoms with Gasteiger partial charge in [0.1, 0.15) is 0 Å². The highest BCUT2D eigenvalue weighted by molar-refractivity contribution is 5.83. The van der Waals surface area contributed by atoms with Crippen LogP contribution >= 0.6 is 0 Å². The van der Waals surface area contributed by atoms with Gasteiger partial charge in [-0.1, -0.05) is 42.5 Å². The summed E-state index contributed by atoms with van der Waals surface area (Å²) >= 11 is 0. The van der Waals surface area contributed by atoms with Crippen LogP contribution in [0.5, 0.6) is 11.5 Å². The maximum atomic E-state index is 12.3. The van der Waals surface area contributed by atoms with E-state index in [1.807, 2.05) is 50.2 Å². The highest BCUT2D eigenvalue weighted by atomic mass is 16.5. The first-order chi connectivity index (χ1) is 12.6. The minimum absolute atomic E-state index is 0.0582. The molecule has 134 valence electrons. The molecule has 3 rings (SSSR count). The smallest absolute Gasteiger partial charge is 0.258 e. The Morgan fingerprint density at radius 3 is 2.54 bits per heavy atom. The minimum Gasteiger partial charge on any atom is -0.493 e. The van der Waals surface area contributed by atoms with E-state index >= 15 is 0 Å². The number of carbonyl (C=O) groups excluding carboxylic acids is 1. The molecule has 0 aliphatic carbocycles. The molecule has 0 aliphatic rings. The van der Waals surface area contributed by atoms with Gasteiger partial charge in [-0.05, 0) is 53.9 Å². The number of fused-ring (bicyclic) bond motifs is 1. The molecule has 1 N–H and O–H groups in total. The average molecular weight is 349 g/mol. The lowest BCUT2D eigenvalue weighted by atomic mass is 10.0. The second-order valence-electron chi connectivity index (χ2n) is 6.34. The summed E-state index contributed by atoms with van der Waals surface area (Å²) < 4.78 is 10.9. The molecule has 1 atom stereocenters. The molecule has 0 heterocycles. The van der Waals surface area contributed by atoms with Crippen molar-refractivity contribution < 1.29 is 14.3 Å². The second kappa shape index (κ2) is 7.91. The SMILES string of the molecule is COc1cc(C)ccc1OCC(=O)N[C@H](C)c1ccc2ccccc2c1. The third-order valence-electron chi connectivity index (χ3n) is 4.33. The number of ether oxygens (including phenoxy) is 2. The van der Waals surface area contributed by atoms with Crippen LogP contribution in [0.25, 0.3) is 10.8 Å². The molecule has 0 aliphatic heterocycles. The van der Waals surface area contributed by atoms with Crippen LogP contribution in [0.4, 0.5) is 0 Å². The van der Waals surface area contributed by atoms with E-state index in [0.717, 1.165) is 16.5 Å². The molecular formula is C22H23NO3. The van der Waals surface area contributed by atoms with Crippen molar-refractivity contribution in [3.05, 3.63) is 71.8 Å². The lowest BCUT2D eigenvalue weighted by molar-refractivity contribution is -0.123. The van der Waals surface area contributed by atoms with Crippen molar-refractivity contribution in [3.63, 3.8) is 0 Å². The zero-order valence-corrected chi connectivity index (χ0v) is 15.3. The number of amides is 1. The van der Waals surface area contributed by atoms with Gasteiger partial charge < -0.3 is 14.8 Å². The summed E-state index contributed by atoms with van der Waals surface area (Å²) in [5.74, 6) is 1.01. The molecule has 0 saturated carbocycles. The van der Waals surface area contributed by atoms with E-state index in [1.54, 1.807) is 7.11 Å². The molecule has 26 heavy (non-hydrogen) atoms. The van der Waals surface area contributed by atoms with Gasteiger partial charge in [0.05, 0.1) is 13.2 Å². The Kier molecular flexibility index (Phi) is 5.42. The maximum Gasteiger partial charge on any atom is 0.258 e. The predicted octanol–water partition coefficient (Wildman–Crippen LogP) is 4.41. The van der Waals surface area contributed by atoms with E-state index in [2.05, 4.69) is 29.6 Å². The summed E-state index contributed by atoms with van der Waals surface area (Å²) in [6, 6.07) is 19.9. The first-order valence-corrected chi connectivity index (χ1v) is 8.62. The second-order valence-corrected chi connectivity index (χ2v) is 6.34. The summed E-state index contributed by atoms with van der Waals surface area (Å²) in [6.45, 7) is 3.88. The molecule has 0 bridgehead atoms. The molecular weight excluding hydrogens is 326 g/mol.